The van der Waals surface area contributed by atoms with Gasteiger partial charge in [-0.3, -0.25) is 0 Å². The Morgan fingerprint density at radius 2 is 1.26 bits per heavy atom. The third kappa shape index (κ3) is 6.41. The predicted molar refractivity (Wildman–Crippen MR) is 107 cm³/mol. The molecule has 0 aliphatic rings. The second-order valence-electron chi connectivity index (χ2n) is 7.43. The lowest BCUT2D eigenvalue weighted by molar-refractivity contribution is 0.489. The third-order valence-corrected chi connectivity index (χ3v) is 5.22. The number of hydrogen-bond donors (Lipinski definition) is 0. The molecule has 0 atom stereocenters. The number of benzene rings is 2. The van der Waals surface area contributed by atoms with Crippen LogP contribution in [-0.2, 0) is 6.42 Å². The van der Waals surface area contributed by atoms with Gasteiger partial charge in [-0.2, -0.15) is 0 Å². The van der Waals surface area contributed by atoms with Crippen molar-refractivity contribution in [1.82, 2.24) is 0 Å². The summed E-state index contributed by atoms with van der Waals surface area (Å²) in [6.45, 7) is 3.48. The van der Waals surface area contributed by atoms with Crippen molar-refractivity contribution in [3.05, 3.63) is 58.9 Å². The molecule has 0 saturated heterocycles. The summed E-state index contributed by atoms with van der Waals surface area (Å²) in [5, 5.41) is 0. The zero-order valence-corrected chi connectivity index (χ0v) is 16.6. The molecule has 0 radical (unpaired) electrons. The first kappa shape index (κ1) is 21.5. The van der Waals surface area contributed by atoms with Crippen molar-refractivity contribution >= 4 is 0 Å². The molecule has 2 rings (SSSR count). The van der Waals surface area contributed by atoms with E-state index in [1.165, 1.54) is 63.9 Å². The van der Waals surface area contributed by atoms with E-state index in [1.54, 1.807) is 12.1 Å². The van der Waals surface area contributed by atoms with E-state index in [0.717, 1.165) is 18.9 Å². The number of halogens is 3. The van der Waals surface area contributed by atoms with Gasteiger partial charge in [-0.15, -0.1) is 0 Å². The van der Waals surface area contributed by atoms with Crippen molar-refractivity contribution in [3.63, 3.8) is 0 Å². The van der Waals surface area contributed by atoms with Crippen molar-refractivity contribution in [2.24, 2.45) is 0 Å². The summed E-state index contributed by atoms with van der Waals surface area (Å²) in [6, 6.07) is 8.42. The Balaban J connectivity index is 1.79. The Morgan fingerprint density at radius 3 is 1.85 bits per heavy atom. The summed E-state index contributed by atoms with van der Waals surface area (Å²) in [5.74, 6) is -2.81. The zero-order chi connectivity index (χ0) is 19.6. The van der Waals surface area contributed by atoms with Crippen LogP contribution >= 0.6 is 0 Å². The zero-order valence-electron chi connectivity index (χ0n) is 16.6. The third-order valence-electron chi connectivity index (χ3n) is 5.22. The summed E-state index contributed by atoms with van der Waals surface area (Å²) in [6.07, 6.45) is 12.6. The fourth-order valence-corrected chi connectivity index (χ4v) is 3.39. The molecule has 3 heteroatoms. The largest absolute Gasteiger partial charge is 0.207 e. The van der Waals surface area contributed by atoms with E-state index >= 15 is 0 Å². The van der Waals surface area contributed by atoms with Gasteiger partial charge in [-0.1, -0.05) is 82.6 Å². The van der Waals surface area contributed by atoms with E-state index < -0.39 is 17.5 Å². The first-order valence-corrected chi connectivity index (χ1v) is 10.3. The van der Waals surface area contributed by atoms with Crippen molar-refractivity contribution in [2.45, 2.75) is 78.1 Å². The van der Waals surface area contributed by atoms with Gasteiger partial charge in [-0.05, 0) is 37.0 Å². The number of rotatable bonds is 11. The van der Waals surface area contributed by atoms with Gasteiger partial charge < -0.3 is 0 Å². The lowest BCUT2D eigenvalue weighted by Gasteiger charge is -2.09. The molecular formula is C24H31F3. The molecule has 0 fully saturated rings. The highest BCUT2D eigenvalue weighted by Crippen LogP contribution is 2.28. The molecule has 0 amide bonds. The molecule has 0 bridgehead atoms. The molecule has 0 nitrogen and oxygen atoms in total. The van der Waals surface area contributed by atoms with E-state index in [0.29, 0.717) is 5.56 Å². The van der Waals surface area contributed by atoms with Crippen LogP contribution in [0, 0.1) is 24.4 Å². The molecule has 0 heterocycles. The average molecular weight is 377 g/mol. The molecule has 148 valence electrons. The van der Waals surface area contributed by atoms with Crippen LogP contribution in [0.25, 0.3) is 11.1 Å². The van der Waals surface area contributed by atoms with E-state index in [9.17, 15) is 13.2 Å². The highest BCUT2D eigenvalue weighted by molar-refractivity contribution is 5.65. The van der Waals surface area contributed by atoms with Gasteiger partial charge in [-0.25, -0.2) is 13.2 Å². The van der Waals surface area contributed by atoms with Crippen LogP contribution in [0.2, 0.25) is 0 Å². The van der Waals surface area contributed by atoms with E-state index in [2.05, 4.69) is 6.92 Å². The molecule has 2 aromatic carbocycles. The highest BCUT2D eigenvalue weighted by atomic mass is 19.2. The van der Waals surface area contributed by atoms with E-state index in [4.69, 9.17) is 0 Å². The maximum Gasteiger partial charge on any atom is 0.167 e. The second kappa shape index (κ2) is 11.2. The lowest BCUT2D eigenvalue weighted by atomic mass is 9.99. The summed E-state index contributed by atoms with van der Waals surface area (Å²) >= 11 is 0. The number of unbranched alkanes of at least 4 members (excludes halogenated alkanes) is 8. The predicted octanol–water partition coefficient (Wildman–Crippen LogP) is 8.15. The molecule has 2 aromatic rings. The monoisotopic (exact) mass is 376 g/mol. The SMILES string of the molecule is CCCCCCCCCCCc1ccc(-c2cc(F)c(C)c(F)c2F)cc1. The van der Waals surface area contributed by atoms with Gasteiger partial charge in [0.2, 0.25) is 0 Å². The Labute approximate surface area is 161 Å². The lowest BCUT2D eigenvalue weighted by Crippen LogP contribution is -1.97. The van der Waals surface area contributed by atoms with Crippen molar-refractivity contribution in [2.75, 3.05) is 0 Å². The first-order valence-electron chi connectivity index (χ1n) is 10.3. The highest BCUT2D eigenvalue weighted by Gasteiger charge is 2.16. The minimum absolute atomic E-state index is 0.0229. The summed E-state index contributed by atoms with van der Waals surface area (Å²) < 4.78 is 41.6. The van der Waals surface area contributed by atoms with Gasteiger partial charge >= 0.3 is 0 Å². The molecular weight excluding hydrogens is 345 g/mol. The van der Waals surface area contributed by atoms with Crippen LogP contribution in [0.4, 0.5) is 13.2 Å². The van der Waals surface area contributed by atoms with Crippen LogP contribution in [0.3, 0.4) is 0 Å². The van der Waals surface area contributed by atoms with Crippen LogP contribution < -0.4 is 0 Å². The Hall–Kier alpha value is -1.77. The van der Waals surface area contributed by atoms with Gasteiger partial charge in [0.15, 0.2) is 11.6 Å². The van der Waals surface area contributed by atoms with Crippen LogP contribution in [0.5, 0.6) is 0 Å². The first-order chi connectivity index (χ1) is 13.0. The molecule has 27 heavy (non-hydrogen) atoms. The quantitative estimate of drug-likeness (QED) is 0.274. The molecule has 0 aliphatic carbocycles. The Kier molecular flexibility index (Phi) is 8.90. The maximum absolute atomic E-state index is 14.1. The molecule has 0 aliphatic heterocycles. The van der Waals surface area contributed by atoms with Crippen LogP contribution in [-0.4, -0.2) is 0 Å². The van der Waals surface area contributed by atoms with Gasteiger partial charge in [0.05, 0.1) is 0 Å². The smallest absolute Gasteiger partial charge is 0.167 e. The summed E-state index contributed by atoms with van der Waals surface area (Å²) in [4.78, 5) is 0. The Morgan fingerprint density at radius 1 is 0.704 bits per heavy atom. The van der Waals surface area contributed by atoms with Crippen molar-refractivity contribution in [3.8, 4) is 11.1 Å². The molecule has 0 aromatic heterocycles. The van der Waals surface area contributed by atoms with Crippen LogP contribution in [0.15, 0.2) is 30.3 Å². The van der Waals surface area contributed by atoms with E-state index in [-0.39, 0.29) is 11.1 Å². The average Bonchev–Trinajstić information content (AvgIpc) is 2.68. The summed E-state index contributed by atoms with van der Waals surface area (Å²) in [5.41, 5.74) is 1.37. The van der Waals surface area contributed by atoms with E-state index in [1.807, 2.05) is 12.1 Å². The molecule has 0 saturated carbocycles. The molecule has 0 spiro atoms. The minimum atomic E-state index is -1.11. The second-order valence-corrected chi connectivity index (χ2v) is 7.43. The van der Waals surface area contributed by atoms with Crippen molar-refractivity contribution in [1.29, 1.82) is 0 Å². The van der Waals surface area contributed by atoms with Crippen molar-refractivity contribution < 1.29 is 13.2 Å². The minimum Gasteiger partial charge on any atom is -0.207 e. The number of aryl methyl sites for hydroxylation is 1. The normalized spacial score (nSPS) is 11.1. The maximum atomic E-state index is 14.1. The topological polar surface area (TPSA) is 0 Å². The molecule has 0 unspecified atom stereocenters. The van der Waals surface area contributed by atoms with Crippen LogP contribution in [0.1, 0.15) is 75.8 Å². The fourth-order valence-electron chi connectivity index (χ4n) is 3.39. The van der Waals surface area contributed by atoms with Gasteiger partial charge in [0.25, 0.3) is 0 Å². The molecule has 0 N–H and O–H groups in total. The number of hydrogen-bond acceptors (Lipinski definition) is 0. The Bertz CT molecular complexity index is 705. The standard InChI is InChI=1S/C24H31F3/c1-3-4-5-6-7-8-9-10-11-12-19-13-15-20(16-14-19)21-17-22(25)18(2)23(26)24(21)27/h13-17H,3-12H2,1-2H3. The summed E-state index contributed by atoms with van der Waals surface area (Å²) in [7, 11) is 0. The van der Waals surface area contributed by atoms with Gasteiger partial charge in [0.1, 0.15) is 5.82 Å². The fraction of sp³-hybridized carbons (Fsp3) is 0.500. The van der Waals surface area contributed by atoms with Gasteiger partial charge in [0, 0.05) is 11.1 Å².